The Labute approximate surface area is 110 Å². The maximum Gasteiger partial charge on any atom is 0.226 e. The first-order valence-corrected chi connectivity index (χ1v) is 7.06. The minimum Gasteiger partial charge on any atom is -0.389 e. The van der Waals surface area contributed by atoms with E-state index in [1.54, 1.807) is 4.90 Å². The van der Waals surface area contributed by atoms with Crippen LogP contribution in [0.2, 0.25) is 0 Å². The fourth-order valence-electron chi connectivity index (χ4n) is 2.76. The standard InChI is InChI=1S/C15H23NO2/c1-2-10-16(12-13-6-7-13)14(17)11-15(18)8-4-3-5-9-15/h1,13,18H,3-12H2. The van der Waals surface area contributed by atoms with Crippen molar-refractivity contribution in [1.82, 2.24) is 4.90 Å². The van der Waals surface area contributed by atoms with Gasteiger partial charge in [0, 0.05) is 6.54 Å². The molecule has 1 N–H and O–H groups in total. The zero-order valence-electron chi connectivity index (χ0n) is 11.0. The van der Waals surface area contributed by atoms with E-state index in [1.165, 1.54) is 19.3 Å². The van der Waals surface area contributed by atoms with E-state index in [0.29, 0.717) is 12.5 Å². The molecule has 0 aromatic rings. The summed E-state index contributed by atoms with van der Waals surface area (Å²) in [5, 5.41) is 10.4. The summed E-state index contributed by atoms with van der Waals surface area (Å²) in [6.45, 7) is 1.16. The van der Waals surface area contributed by atoms with Gasteiger partial charge in [-0.05, 0) is 31.6 Å². The molecule has 0 aromatic heterocycles. The zero-order chi connectivity index (χ0) is 13.0. The van der Waals surface area contributed by atoms with Gasteiger partial charge in [0.15, 0.2) is 0 Å². The molecular weight excluding hydrogens is 226 g/mol. The molecule has 1 amide bonds. The number of amides is 1. The molecule has 2 rings (SSSR count). The van der Waals surface area contributed by atoms with Crippen LogP contribution in [0, 0.1) is 18.3 Å². The lowest BCUT2D eigenvalue weighted by atomic mass is 9.82. The lowest BCUT2D eigenvalue weighted by Gasteiger charge is -2.33. The summed E-state index contributed by atoms with van der Waals surface area (Å²) in [4.78, 5) is 14.0. The van der Waals surface area contributed by atoms with Gasteiger partial charge in [0.2, 0.25) is 5.91 Å². The van der Waals surface area contributed by atoms with Crippen LogP contribution in [0.25, 0.3) is 0 Å². The first kappa shape index (κ1) is 13.4. The predicted octanol–water partition coefficient (Wildman–Crippen LogP) is 1.94. The Morgan fingerprint density at radius 3 is 2.56 bits per heavy atom. The van der Waals surface area contributed by atoms with Crippen LogP contribution in [-0.4, -0.2) is 34.6 Å². The Bertz CT molecular complexity index is 335. The molecular formula is C15H23NO2. The van der Waals surface area contributed by atoms with Gasteiger partial charge in [-0.2, -0.15) is 0 Å². The van der Waals surface area contributed by atoms with Crippen LogP contribution in [0.15, 0.2) is 0 Å². The third-order valence-corrected chi connectivity index (χ3v) is 4.07. The zero-order valence-corrected chi connectivity index (χ0v) is 11.0. The van der Waals surface area contributed by atoms with Crippen molar-refractivity contribution in [3.63, 3.8) is 0 Å². The van der Waals surface area contributed by atoms with Crippen molar-refractivity contribution in [2.45, 2.75) is 57.0 Å². The second kappa shape index (κ2) is 5.75. The lowest BCUT2D eigenvalue weighted by Crippen LogP contribution is -2.41. The van der Waals surface area contributed by atoms with Gasteiger partial charge in [-0.1, -0.05) is 25.2 Å². The quantitative estimate of drug-likeness (QED) is 0.756. The molecule has 0 radical (unpaired) electrons. The number of hydrogen-bond donors (Lipinski definition) is 1. The second-order valence-corrected chi connectivity index (χ2v) is 5.88. The molecule has 2 aliphatic carbocycles. The third-order valence-electron chi connectivity index (χ3n) is 4.07. The van der Waals surface area contributed by atoms with Crippen LogP contribution in [-0.2, 0) is 4.79 Å². The number of hydrogen-bond acceptors (Lipinski definition) is 2. The molecule has 0 atom stereocenters. The normalized spacial score (nSPS) is 22.2. The highest BCUT2D eigenvalue weighted by atomic mass is 16.3. The van der Waals surface area contributed by atoms with Crippen LogP contribution in [0.4, 0.5) is 0 Å². The first-order valence-electron chi connectivity index (χ1n) is 7.06. The highest BCUT2D eigenvalue weighted by molar-refractivity contribution is 5.77. The van der Waals surface area contributed by atoms with Crippen molar-refractivity contribution in [1.29, 1.82) is 0 Å². The predicted molar refractivity (Wildman–Crippen MR) is 70.8 cm³/mol. The number of carbonyl (C=O) groups is 1. The molecule has 0 unspecified atom stereocenters. The summed E-state index contributed by atoms with van der Waals surface area (Å²) in [5.74, 6) is 3.23. The van der Waals surface area contributed by atoms with Crippen LogP contribution in [0.5, 0.6) is 0 Å². The summed E-state index contributed by atoms with van der Waals surface area (Å²) in [5.41, 5.74) is -0.772. The van der Waals surface area contributed by atoms with Gasteiger partial charge < -0.3 is 10.0 Å². The summed E-state index contributed by atoms with van der Waals surface area (Å²) < 4.78 is 0. The number of nitrogens with zero attached hydrogens (tertiary/aromatic N) is 1. The van der Waals surface area contributed by atoms with Gasteiger partial charge in [0.1, 0.15) is 0 Å². The van der Waals surface area contributed by atoms with E-state index in [0.717, 1.165) is 32.2 Å². The largest absolute Gasteiger partial charge is 0.389 e. The minimum atomic E-state index is -0.772. The van der Waals surface area contributed by atoms with Crippen molar-refractivity contribution in [3.05, 3.63) is 0 Å². The molecule has 0 bridgehead atoms. The fraction of sp³-hybridized carbons (Fsp3) is 0.800. The van der Waals surface area contributed by atoms with Gasteiger partial charge in [-0.3, -0.25) is 4.79 Å². The molecule has 2 aliphatic rings. The minimum absolute atomic E-state index is 0.0317. The molecule has 2 fully saturated rings. The summed E-state index contributed by atoms with van der Waals surface area (Å²) in [6.07, 6.45) is 12.7. The van der Waals surface area contributed by atoms with Crippen LogP contribution in [0.1, 0.15) is 51.4 Å². The van der Waals surface area contributed by atoms with Crippen molar-refractivity contribution >= 4 is 5.91 Å². The molecule has 0 spiro atoms. The van der Waals surface area contributed by atoms with E-state index in [4.69, 9.17) is 6.42 Å². The molecule has 0 saturated heterocycles. The van der Waals surface area contributed by atoms with Crippen LogP contribution in [0.3, 0.4) is 0 Å². The fourth-order valence-corrected chi connectivity index (χ4v) is 2.76. The van der Waals surface area contributed by atoms with Crippen molar-refractivity contribution in [3.8, 4) is 12.3 Å². The molecule has 3 nitrogen and oxygen atoms in total. The Morgan fingerprint density at radius 1 is 1.33 bits per heavy atom. The van der Waals surface area contributed by atoms with E-state index in [-0.39, 0.29) is 12.3 Å². The SMILES string of the molecule is C#CCN(CC1CC1)C(=O)CC1(O)CCCCC1. The van der Waals surface area contributed by atoms with Crippen LogP contribution < -0.4 is 0 Å². The Kier molecular flexibility index (Phi) is 4.29. The first-order chi connectivity index (χ1) is 8.63. The summed E-state index contributed by atoms with van der Waals surface area (Å²) in [6, 6.07) is 0. The van der Waals surface area contributed by atoms with Crippen LogP contribution >= 0.6 is 0 Å². The third kappa shape index (κ3) is 3.74. The second-order valence-electron chi connectivity index (χ2n) is 5.88. The molecule has 0 heterocycles. The molecule has 0 aromatic carbocycles. The highest BCUT2D eigenvalue weighted by Crippen LogP contribution is 2.33. The number of aliphatic hydroxyl groups is 1. The maximum atomic E-state index is 12.2. The van der Waals surface area contributed by atoms with Gasteiger partial charge in [0.05, 0.1) is 18.6 Å². The number of carbonyl (C=O) groups excluding carboxylic acids is 1. The van der Waals surface area contributed by atoms with Gasteiger partial charge in [0.25, 0.3) is 0 Å². The Balaban J connectivity index is 1.88. The molecule has 0 aliphatic heterocycles. The average molecular weight is 249 g/mol. The van der Waals surface area contributed by atoms with E-state index in [2.05, 4.69) is 5.92 Å². The topological polar surface area (TPSA) is 40.5 Å². The smallest absolute Gasteiger partial charge is 0.226 e. The van der Waals surface area contributed by atoms with E-state index >= 15 is 0 Å². The summed E-state index contributed by atoms with van der Waals surface area (Å²) >= 11 is 0. The van der Waals surface area contributed by atoms with Gasteiger partial charge >= 0.3 is 0 Å². The van der Waals surface area contributed by atoms with Gasteiger partial charge in [-0.15, -0.1) is 6.42 Å². The number of terminal acetylenes is 1. The Hall–Kier alpha value is -1.01. The summed E-state index contributed by atoms with van der Waals surface area (Å²) in [7, 11) is 0. The molecule has 3 heteroatoms. The van der Waals surface area contributed by atoms with Gasteiger partial charge in [-0.25, -0.2) is 0 Å². The van der Waals surface area contributed by atoms with Crippen molar-refractivity contribution < 1.29 is 9.90 Å². The number of rotatable bonds is 5. The average Bonchev–Trinajstić information content (AvgIpc) is 3.13. The van der Waals surface area contributed by atoms with E-state index < -0.39 is 5.60 Å². The monoisotopic (exact) mass is 249 g/mol. The van der Waals surface area contributed by atoms with E-state index in [9.17, 15) is 9.90 Å². The van der Waals surface area contributed by atoms with Crippen molar-refractivity contribution in [2.75, 3.05) is 13.1 Å². The molecule has 100 valence electrons. The van der Waals surface area contributed by atoms with E-state index in [1.807, 2.05) is 0 Å². The lowest BCUT2D eigenvalue weighted by molar-refractivity contribution is -0.137. The molecule has 18 heavy (non-hydrogen) atoms. The van der Waals surface area contributed by atoms with Crippen molar-refractivity contribution in [2.24, 2.45) is 5.92 Å². The highest BCUT2D eigenvalue weighted by Gasteiger charge is 2.34. The maximum absolute atomic E-state index is 12.2. The Morgan fingerprint density at radius 2 is 2.00 bits per heavy atom. The molecule has 2 saturated carbocycles.